The standard InChI is InChI=1S/C16H20N2O4S/c1-8(16(21)22-2)13-10(7-12(17)19)18-9-5-4-6-11(23-3)14(9)15(13)20/h4-6,8,10,13,18H,7H2,1-3H3,(H2,17,19). The van der Waals surface area contributed by atoms with E-state index in [-0.39, 0.29) is 12.2 Å². The Labute approximate surface area is 139 Å². The molecule has 0 fully saturated rings. The van der Waals surface area contributed by atoms with Gasteiger partial charge in [-0.05, 0) is 18.4 Å². The van der Waals surface area contributed by atoms with E-state index < -0.39 is 29.8 Å². The zero-order valence-electron chi connectivity index (χ0n) is 13.3. The molecule has 1 aliphatic rings. The quantitative estimate of drug-likeness (QED) is 0.627. The number of rotatable bonds is 5. The average molecular weight is 336 g/mol. The second-order valence-corrected chi connectivity index (χ2v) is 6.35. The van der Waals surface area contributed by atoms with Crippen molar-refractivity contribution in [2.75, 3.05) is 18.7 Å². The Hall–Kier alpha value is -2.02. The maximum atomic E-state index is 13.0. The molecular weight excluding hydrogens is 316 g/mol. The maximum absolute atomic E-state index is 13.0. The number of primary amides is 1. The van der Waals surface area contributed by atoms with Crippen LogP contribution in [-0.2, 0) is 14.3 Å². The number of carbonyl (C=O) groups is 3. The average Bonchev–Trinajstić information content (AvgIpc) is 2.52. The van der Waals surface area contributed by atoms with Crippen molar-refractivity contribution < 1.29 is 19.1 Å². The Morgan fingerprint density at radius 1 is 1.43 bits per heavy atom. The molecule has 0 aliphatic carbocycles. The second-order valence-electron chi connectivity index (χ2n) is 5.51. The number of Topliss-reactive ketones (excluding diaryl/α,β-unsaturated/α-hetero) is 1. The predicted octanol–water partition coefficient (Wildman–Crippen LogP) is 1.69. The number of carbonyl (C=O) groups excluding carboxylic acids is 3. The van der Waals surface area contributed by atoms with Crippen LogP contribution in [0.3, 0.4) is 0 Å². The number of hydrogen-bond acceptors (Lipinski definition) is 6. The molecule has 1 aliphatic heterocycles. The fraction of sp³-hybridized carbons (Fsp3) is 0.438. The number of thioether (sulfide) groups is 1. The van der Waals surface area contributed by atoms with Gasteiger partial charge in [0.2, 0.25) is 5.91 Å². The molecule has 1 aromatic carbocycles. The maximum Gasteiger partial charge on any atom is 0.309 e. The molecular formula is C16H20N2O4S. The molecule has 124 valence electrons. The van der Waals surface area contributed by atoms with E-state index in [1.165, 1.54) is 18.9 Å². The third kappa shape index (κ3) is 3.34. The Bertz CT molecular complexity index is 647. The van der Waals surface area contributed by atoms with Gasteiger partial charge in [0.25, 0.3) is 0 Å². The summed E-state index contributed by atoms with van der Waals surface area (Å²) in [6.45, 7) is 1.64. The number of nitrogens with two attached hydrogens (primary N) is 1. The van der Waals surface area contributed by atoms with E-state index in [1.54, 1.807) is 13.0 Å². The van der Waals surface area contributed by atoms with Crippen molar-refractivity contribution in [2.24, 2.45) is 17.6 Å². The van der Waals surface area contributed by atoms with Crippen LogP contribution in [0.4, 0.5) is 5.69 Å². The normalized spacial score (nSPS) is 21.1. The minimum atomic E-state index is -0.698. The summed E-state index contributed by atoms with van der Waals surface area (Å²) in [5.41, 5.74) is 6.53. The first kappa shape index (κ1) is 17.3. The first-order valence-corrected chi connectivity index (χ1v) is 8.47. The van der Waals surface area contributed by atoms with Crippen LogP contribution in [-0.4, -0.2) is 37.1 Å². The van der Waals surface area contributed by atoms with Crippen LogP contribution >= 0.6 is 11.8 Å². The Morgan fingerprint density at radius 3 is 2.70 bits per heavy atom. The first-order valence-electron chi connectivity index (χ1n) is 7.24. The SMILES string of the molecule is COC(=O)C(C)C1C(=O)c2c(cccc2SC)NC1CC(N)=O. The van der Waals surface area contributed by atoms with Crippen molar-refractivity contribution in [2.45, 2.75) is 24.3 Å². The van der Waals surface area contributed by atoms with E-state index in [9.17, 15) is 14.4 Å². The summed E-state index contributed by atoms with van der Waals surface area (Å²) < 4.78 is 4.77. The van der Waals surface area contributed by atoms with E-state index in [2.05, 4.69) is 5.32 Å². The Balaban J connectivity index is 2.50. The minimum Gasteiger partial charge on any atom is -0.469 e. The first-order chi connectivity index (χ1) is 10.9. The van der Waals surface area contributed by atoms with Crippen LogP contribution in [0.15, 0.2) is 23.1 Å². The molecule has 3 N–H and O–H groups in total. The molecule has 0 saturated heterocycles. The highest BCUT2D eigenvalue weighted by Crippen LogP contribution is 2.38. The van der Waals surface area contributed by atoms with Crippen molar-refractivity contribution in [3.8, 4) is 0 Å². The number of anilines is 1. The molecule has 0 bridgehead atoms. The largest absolute Gasteiger partial charge is 0.469 e. The molecule has 1 heterocycles. The number of ketones is 1. The number of amides is 1. The molecule has 0 spiro atoms. The summed E-state index contributed by atoms with van der Waals surface area (Å²) in [6.07, 6.45) is 1.86. The van der Waals surface area contributed by atoms with E-state index in [4.69, 9.17) is 10.5 Å². The fourth-order valence-electron chi connectivity index (χ4n) is 3.02. The van der Waals surface area contributed by atoms with Crippen LogP contribution in [0.1, 0.15) is 23.7 Å². The van der Waals surface area contributed by atoms with Crippen molar-refractivity contribution >= 4 is 35.1 Å². The van der Waals surface area contributed by atoms with Gasteiger partial charge in [0, 0.05) is 23.0 Å². The van der Waals surface area contributed by atoms with Crippen molar-refractivity contribution in [3.63, 3.8) is 0 Å². The molecule has 0 saturated carbocycles. The van der Waals surface area contributed by atoms with Gasteiger partial charge in [-0.3, -0.25) is 14.4 Å². The smallest absolute Gasteiger partial charge is 0.309 e. The molecule has 0 radical (unpaired) electrons. The summed E-state index contributed by atoms with van der Waals surface area (Å²) in [7, 11) is 1.28. The minimum absolute atomic E-state index is 0.0271. The lowest BCUT2D eigenvalue weighted by molar-refractivity contribution is -0.146. The zero-order valence-corrected chi connectivity index (χ0v) is 14.1. The number of nitrogens with one attached hydrogen (secondary N) is 1. The summed E-state index contributed by atoms with van der Waals surface area (Å²) in [4.78, 5) is 37.2. The van der Waals surface area contributed by atoms with Gasteiger partial charge in [-0.2, -0.15) is 0 Å². The van der Waals surface area contributed by atoms with Crippen LogP contribution in [0, 0.1) is 11.8 Å². The molecule has 23 heavy (non-hydrogen) atoms. The number of esters is 1. The number of methoxy groups -OCH3 is 1. The number of ether oxygens (including phenoxy) is 1. The molecule has 0 aromatic heterocycles. The lowest BCUT2D eigenvalue weighted by Crippen LogP contribution is -2.47. The topological polar surface area (TPSA) is 98.5 Å². The lowest BCUT2D eigenvalue weighted by Gasteiger charge is -2.36. The molecule has 6 nitrogen and oxygen atoms in total. The summed E-state index contributed by atoms with van der Waals surface area (Å²) in [5.74, 6) is -2.54. The van der Waals surface area contributed by atoms with E-state index in [0.29, 0.717) is 11.3 Å². The summed E-state index contributed by atoms with van der Waals surface area (Å²) in [5, 5.41) is 3.20. The van der Waals surface area contributed by atoms with Gasteiger partial charge in [-0.1, -0.05) is 13.0 Å². The van der Waals surface area contributed by atoms with E-state index in [1.807, 2.05) is 18.4 Å². The highest BCUT2D eigenvalue weighted by Gasteiger charge is 2.43. The molecule has 3 unspecified atom stereocenters. The highest BCUT2D eigenvalue weighted by atomic mass is 32.2. The highest BCUT2D eigenvalue weighted by molar-refractivity contribution is 7.98. The van der Waals surface area contributed by atoms with E-state index >= 15 is 0 Å². The molecule has 1 amide bonds. The summed E-state index contributed by atoms with van der Waals surface area (Å²) in [6, 6.07) is 4.96. The Kier molecular flexibility index (Phi) is 5.30. The van der Waals surface area contributed by atoms with Gasteiger partial charge < -0.3 is 15.8 Å². The van der Waals surface area contributed by atoms with Gasteiger partial charge in [-0.25, -0.2) is 0 Å². The van der Waals surface area contributed by atoms with Crippen LogP contribution in [0.25, 0.3) is 0 Å². The third-order valence-corrected chi connectivity index (χ3v) is 4.88. The van der Waals surface area contributed by atoms with Gasteiger partial charge >= 0.3 is 5.97 Å². The molecule has 2 rings (SSSR count). The third-order valence-electron chi connectivity index (χ3n) is 4.10. The second kappa shape index (κ2) is 7.04. The van der Waals surface area contributed by atoms with Gasteiger partial charge in [0.1, 0.15) is 0 Å². The summed E-state index contributed by atoms with van der Waals surface area (Å²) >= 11 is 1.46. The molecule has 1 aromatic rings. The van der Waals surface area contributed by atoms with E-state index in [0.717, 1.165) is 4.90 Å². The van der Waals surface area contributed by atoms with Gasteiger partial charge in [-0.15, -0.1) is 11.8 Å². The fourth-order valence-corrected chi connectivity index (χ4v) is 3.65. The molecule has 3 atom stereocenters. The van der Waals surface area contributed by atoms with Crippen molar-refractivity contribution in [3.05, 3.63) is 23.8 Å². The van der Waals surface area contributed by atoms with Crippen molar-refractivity contribution in [1.29, 1.82) is 0 Å². The monoisotopic (exact) mass is 336 g/mol. The number of fused-ring (bicyclic) bond motifs is 1. The number of benzene rings is 1. The Morgan fingerprint density at radius 2 is 2.13 bits per heavy atom. The lowest BCUT2D eigenvalue weighted by atomic mass is 9.77. The molecule has 7 heteroatoms. The van der Waals surface area contributed by atoms with Gasteiger partial charge in [0.15, 0.2) is 5.78 Å². The predicted molar refractivity (Wildman–Crippen MR) is 88.4 cm³/mol. The van der Waals surface area contributed by atoms with Gasteiger partial charge in [0.05, 0.1) is 24.5 Å². The van der Waals surface area contributed by atoms with Crippen LogP contribution < -0.4 is 11.1 Å². The number of hydrogen-bond donors (Lipinski definition) is 2. The van der Waals surface area contributed by atoms with Crippen LogP contribution in [0.2, 0.25) is 0 Å². The van der Waals surface area contributed by atoms with Crippen LogP contribution in [0.5, 0.6) is 0 Å². The van der Waals surface area contributed by atoms with Crippen molar-refractivity contribution in [1.82, 2.24) is 0 Å². The zero-order chi connectivity index (χ0) is 17.1.